The molecule has 5 heterocycles. The van der Waals surface area contributed by atoms with E-state index in [1.54, 1.807) is 17.0 Å². The molecule has 2 atom stereocenters. The van der Waals surface area contributed by atoms with Gasteiger partial charge in [-0.3, -0.25) is 34.2 Å². The highest BCUT2D eigenvalue weighted by Crippen LogP contribution is 2.32. The lowest BCUT2D eigenvalue weighted by Crippen LogP contribution is -2.52. The monoisotopic (exact) mass is 765 g/mol. The number of amides is 5. The van der Waals surface area contributed by atoms with Gasteiger partial charge in [-0.1, -0.05) is 36.8 Å². The maximum atomic E-state index is 13.1. The van der Waals surface area contributed by atoms with Crippen LogP contribution in [0.25, 0.3) is 0 Å². The van der Waals surface area contributed by atoms with E-state index < -0.39 is 18.1 Å². The van der Waals surface area contributed by atoms with Gasteiger partial charge in [0.1, 0.15) is 23.9 Å². The largest absolute Gasteiger partial charge is 0.390 e. The Labute approximate surface area is 326 Å². The molecule has 3 aromatic rings. The summed E-state index contributed by atoms with van der Waals surface area (Å²) in [6.07, 6.45) is 6.69. The van der Waals surface area contributed by atoms with E-state index in [4.69, 9.17) is 0 Å². The number of carbonyl (C=O) groups is 5. The standard InChI is InChI=1S/C41H51N9O6/c51-30(24-48-18-14-27-7-3-4-8-28(27)23-48)22-43-39(54)34-21-36(45-26-44-34)46-29-15-19-49(20-16-29)38(53)11-2-1-5-17-42-33-10-6-9-31-32(33)25-50(41(31)56)35-12-13-37(52)47-40(35)55/h3-4,6-10,21,26,29-30,35,42,51H,1-2,5,11-20,22-25H2,(H,43,54)(H,44,45,46)(H,47,52,55)/t30-,35?/m0/s1. The van der Waals surface area contributed by atoms with Crippen molar-refractivity contribution in [1.29, 1.82) is 0 Å². The van der Waals surface area contributed by atoms with Crippen molar-refractivity contribution in [3.05, 3.63) is 82.8 Å². The van der Waals surface area contributed by atoms with Crippen LogP contribution >= 0.6 is 0 Å². The van der Waals surface area contributed by atoms with Crippen molar-refractivity contribution >= 4 is 41.0 Å². The van der Waals surface area contributed by atoms with Crippen molar-refractivity contribution in [1.82, 2.24) is 35.3 Å². The van der Waals surface area contributed by atoms with Crippen LogP contribution < -0.4 is 21.3 Å². The van der Waals surface area contributed by atoms with E-state index in [0.29, 0.717) is 56.9 Å². The number of hydrogen-bond acceptors (Lipinski definition) is 11. The second kappa shape index (κ2) is 18.0. The quantitative estimate of drug-likeness (QED) is 0.113. The molecule has 0 saturated carbocycles. The second-order valence-corrected chi connectivity index (χ2v) is 15.2. The van der Waals surface area contributed by atoms with Crippen molar-refractivity contribution in [2.24, 2.45) is 0 Å². The summed E-state index contributed by atoms with van der Waals surface area (Å²) in [4.78, 5) is 77.1. The van der Waals surface area contributed by atoms with Crippen molar-refractivity contribution < 1.29 is 29.1 Å². The summed E-state index contributed by atoms with van der Waals surface area (Å²) < 4.78 is 0. The average Bonchev–Trinajstić information content (AvgIpc) is 3.54. The number of unbranched alkanes of at least 4 members (excludes halogenated alkanes) is 2. The number of hydrogen-bond donors (Lipinski definition) is 5. The molecule has 2 saturated heterocycles. The first-order valence-electron chi connectivity index (χ1n) is 19.8. The Morgan fingerprint density at radius 2 is 1.73 bits per heavy atom. The molecule has 4 aliphatic heterocycles. The van der Waals surface area contributed by atoms with Gasteiger partial charge in [0.05, 0.1) is 6.10 Å². The molecule has 0 spiro atoms. The molecule has 15 nitrogen and oxygen atoms in total. The summed E-state index contributed by atoms with van der Waals surface area (Å²) in [5.74, 6) is -0.584. The molecule has 1 unspecified atom stereocenters. The minimum Gasteiger partial charge on any atom is -0.390 e. The third-order valence-electron chi connectivity index (χ3n) is 11.2. The fourth-order valence-electron chi connectivity index (χ4n) is 8.13. The molecule has 2 fully saturated rings. The topological polar surface area (TPSA) is 189 Å². The van der Waals surface area contributed by atoms with Crippen molar-refractivity contribution in [3.8, 4) is 0 Å². The van der Waals surface area contributed by atoms with Gasteiger partial charge in [0.15, 0.2) is 0 Å². The highest BCUT2D eigenvalue weighted by Gasteiger charge is 2.39. The number of piperidine rings is 2. The number of aromatic nitrogens is 2. The van der Waals surface area contributed by atoms with Gasteiger partial charge < -0.3 is 30.9 Å². The number of rotatable bonds is 15. The van der Waals surface area contributed by atoms with Gasteiger partial charge in [-0.25, -0.2) is 9.97 Å². The molecular formula is C41H51N9O6. The number of nitrogens with one attached hydrogen (secondary N) is 4. The number of fused-ring (bicyclic) bond motifs is 2. The maximum absolute atomic E-state index is 13.1. The first kappa shape index (κ1) is 38.8. The number of benzene rings is 2. The molecule has 7 rings (SSSR count). The van der Waals surface area contributed by atoms with Crippen LogP contribution in [0.2, 0.25) is 0 Å². The van der Waals surface area contributed by atoms with E-state index in [2.05, 4.69) is 54.3 Å². The zero-order valence-corrected chi connectivity index (χ0v) is 31.7. The molecule has 56 heavy (non-hydrogen) atoms. The summed E-state index contributed by atoms with van der Waals surface area (Å²) in [5.41, 5.74) is 5.17. The molecule has 296 valence electrons. The molecule has 1 aromatic heterocycles. The number of aliphatic hydroxyl groups excluding tert-OH is 1. The second-order valence-electron chi connectivity index (χ2n) is 15.2. The van der Waals surface area contributed by atoms with Crippen LogP contribution in [-0.4, -0.2) is 117 Å². The van der Waals surface area contributed by atoms with Gasteiger partial charge in [-0.15, -0.1) is 0 Å². The average molecular weight is 766 g/mol. The van der Waals surface area contributed by atoms with Crippen LogP contribution in [0.1, 0.15) is 88.9 Å². The number of β-amino-alcohol motifs (C(OH)–C–C–N with tert-alkyl or cyclic N) is 1. The van der Waals surface area contributed by atoms with Crippen LogP contribution in [0.4, 0.5) is 11.5 Å². The Bertz CT molecular complexity index is 1930. The number of aliphatic hydroxyl groups is 1. The zero-order valence-electron chi connectivity index (χ0n) is 31.7. The predicted molar refractivity (Wildman–Crippen MR) is 208 cm³/mol. The summed E-state index contributed by atoms with van der Waals surface area (Å²) in [6, 6.07) is 15.0. The molecular weight excluding hydrogens is 715 g/mol. The highest BCUT2D eigenvalue weighted by molar-refractivity contribution is 6.06. The SMILES string of the molecule is O=C1CCC(N2Cc3c(NCCCCCC(=O)N4CCC(Nc5cc(C(=O)NC[C@H](O)CN6CCc7ccccc7C6)ncn5)CC4)cccc3C2=O)C(=O)N1. The highest BCUT2D eigenvalue weighted by atomic mass is 16.3. The normalized spacial score (nSPS) is 19.2. The van der Waals surface area contributed by atoms with E-state index in [1.807, 2.05) is 23.1 Å². The van der Waals surface area contributed by atoms with Gasteiger partial charge in [-0.05, 0) is 61.8 Å². The number of nitrogens with zero attached hydrogens (tertiary/aromatic N) is 5. The zero-order chi connectivity index (χ0) is 39.0. The van der Waals surface area contributed by atoms with Gasteiger partial charge in [-0.2, -0.15) is 0 Å². The molecule has 0 radical (unpaired) electrons. The first-order valence-corrected chi connectivity index (χ1v) is 19.8. The number of imide groups is 1. The smallest absolute Gasteiger partial charge is 0.270 e. The predicted octanol–water partition coefficient (Wildman–Crippen LogP) is 2.46. The number of likely N-dealkylation sites (tertiary alicyclic amines) is 1. The van der Waals surface area contributed by atoms with Crippen LogP contribution in [0, 0.1) is 0 Å². The van der Waals surface area contributed by atoms with Gasteiger partial charge in [0.2, 0.25) is 17.7 Å². The van der Waals surface area contributed by atoms with Gasteiger partial charge in [0.25, 0.3) is 11.8 Å². The molecule has 4 aliphatic rings. The van der Waals surface area contributed by atoms with Crippen molar-refractivity contribution in [2.45, 2.75) is 89.1 Å². The Hall–Kier alpha value is -5.41. The summed E-state index contributed by atoms with van der Waals surface area (Å²) >= 11 is 0. The van der Waals surface area contributed by atoms with Crippen LogP contribution in [0.3, 0.4) is 0 Å². The van der Waals surface area contributed by atoms with E-state index in [1.165, 1.54) is 17.5 Å². The number of carbonyl (C=O) groups excluding carboxylic acids is 5. The Morgan fingerprint density at radius 1 is 0.911 bits per heavy atom. The van der Waals surface area contributed by atoms with Crippen LogP contribution in [-0.2, 0) is 33.9 Å². The Kier molecular flexibility index (Phi) is 12.5. The van der Waals surface area contributed by atoms with Gasteiger partial charge >= 0.3 is 0 Å². The molecule has 2 aromatic carbocycles. The molecule has 0 bridgehead atoms. The lowest BCUT2D eigenvalue weighted by atomic mass is 10.00. The third kappa shape index (κ3) is 9.51. The van der Waals surface area contributed by atoms with E-state index in [9.17, 15) is 29.1 Å². The molecule has 15 heteroatoms. The van der Waals surface area contributed by atoms with Crippen molar-refractivity contribution in [2.75, 3.05) is 49.9 Å². The minimum absolute atomic E-state index is 0.110. The summed E-state index contributed by atoms with van der Waals surface area (Å²) in [6.45, 7) is 4.56. The fraction of sp³-hybridized carbons (Fsp3) is 0.488. The Balaban J connectivity index is 0.770. The Morgan fingerprint density at radius 3 is 2.55 bits per heavy atom. The lowest BCUT2D eigenvalue weighted by Gasteiger charge is -2.32. The summed E-state index contributed by atoms with van der Waals surface area (Å²) in [5, 5.41) is 22.6. The van der Waals surface area contributed by atoms with E-state index in [0.717, 1.165) is 62.9 Å². The third-order valence-corrected chi connectivity index (χ3v) is 11.2. The van der Waals surface area contributed by atoms with Crippen LogP contribution in [0.15, 0.2) is 54.9 Å². The summed E-state index contributed by atoms with van der Waals surface area (Å²) in [7, 11) is 0. The first-order chi connectivity index (χ1) is 27.2. The van der Waals surface area contributed by atoms with Crippen LogP contribution in [0.5, 0.6) is 0 Å². The fourth-order valence-corrected chi connectivity index (χ4v) is 8.13. The molecule has 5 N–H and O–H groups in total. The lowest BCUT2D eigenvalue weighted by molar-refractivity contribution is -0.137. The van der Waals surface area contributed by atoms with Gasteiger partial charge in [0, 0.05) is 94.1 Å². The van der Waals surface area contributed by atoms with E-state index >= 15 is 0 Å². The maximum Gasteiger partial charge on any atom is 0.270 e. The minimum atomic E-state index is -0.702. The van der Waals surface area contributed by atoms with E-state index in [-0.39, 0.29) is 48.3 Å². The number of anilines is 2. The van der Waals surface area contributed by atoms with Crippen molar-refractivity contribution in [3.63, 3.8) is 0 Å². The molecule has 5 amide bonds. The molecule has 0 aliphatic carbocycles.